The normalized spacial score (nSPS) is 14.4. The Morgan fingerprint density at radius 3 is 2.52 bits per heavy atom. The summed E-state index contributed by atoms with van der Waals surface area (Å²) in [4.78, 5) is 31.1. The molecule has 0 saturated heterocycles. The zero-order valence-corrected chi connectivity index (χ0v) is 14.2. The van der Waals surface area contributed by atoms with Gasteiger partial charge in [-0.25, -0.2) is 9.18 Å². The first-order chi connectivity index (χ1) is 11.6. The van der Waals surface area contributed by atoms with E-state index in [-0.39, 0.29) is 23.9 Å². The highest BCUT2D eigenvalue weighted by Gasteiger charge is 2.24. The first-order valence-electron chi connectivity index (χ1n) is 7.06. The van der Waals surface area contributed by atoms with Crippen molar-refractivity contribution in [2.45, 2.75) is 18.6 Å². The number of carbonyl (C=O) groups is 2. The van der Waals surface area contributed by atoms with E-state index in [1.54, 1.807) is 0 Å². The number of carboxylic acid groups (broad SMARTS) is 2. The number of hydrogen-bond acceptors (Lipinski definition) is 6. The van der Waals surface area contributed by atoms with Crippen LogP contribution in [-0.4, -0.2) is 53.0 Å². The van der Waals surface area contributed by atoms with Crippen molar-refractivity contribution in [2.75, 3.05) is 19.9 Å². The second-order valence-electron chi connectivity index (χ2n) is 5.25. The molecule has 0 aromatic heterocycles. The quantitative estimate of drug-likeness (QED) is 0.433. The van der Waals surface area contributed by atoms with E-state index in [0.29, 0.717) is 0 Å². The van der Waals surface area contributed by atoms with E-state index in [1.165, 1.54) is 13.2 Å². The number of methoxy groups -OCH3 is 1. The van der Waals surface area contributed by atoms with Gasteiger partial charge in [0.15, 0.2) is 23.9 Å². The van der Waals surface area contributed by atoms with E-state index in [2.05, 4.69) is 0 Å². The van der Waals surface area contributed by atoms with Crippen molar-refractivity contribution in [2.24, 2.45) is 5.73 Å². The van der Waals surface area contributed by atoms with Gasteiger partial charge in [-0.3, -0.25) is 9.36 Å². The lowest BCUT2D eigenvalue weighted by Crippen LogP contribution is -2.30. The molecule has 0 amide bonds. The predicted molar refractivity (Wildman–Crippen MR) is 84.7 cm³/mol. The monoisotopic (exact) mass is 379 g/mol. The third-order valence-corrected chi connectivity index (χ3v) is 4.98. The van der Waals surface area contributed by atoms with Gasteiger partial charge in [0.1, 0.15) is 6.04 Å². The van der Waals surface area contributed by atoms with E-state index >= 15 is 0 Å². The average Bonchev–Trinajstić information content (AvgIpc) is 2.50. The molecule has 0 fully saturated rings. The van der Waals surface area contributed by atoms with Crippen molar-refractivity contribution < 1.29 is 43.1 Å². The van der Waals surface area contributed by atoms with Crippen LogP contribution in [0.1, 0.15) is 12.0 Å². The molecular weight excluding hydrogens is 360 g/mol. The molecule has 0 saturated carbocycles. The van der Waals surface area contributed by atoms with Gasteiger partial charge in [-0.05, 0) is 24.1 Å². The highest BCUT2D eigenvalue weighted by molar-refractivity contribution is 7.57. The van der Waals surface area contributed by atoms with Gasteiger partial charge in [0, 0.05) is 12.3 Å². The molecule has 0 aliphatic rings. The molecule has 140 valence electrons. The first-order valence-corrected chi connectivity index (χ1v) is 9.09. The van der Waals surface area contributed by atoms with Crippen molar-refractivity contribution in [1.82, 2.24) is 0 Å². The third-order valence-electron chi connectivity index (χ3n) is 3.17. The van der Waals surface area contributed by atoms with Gasteiger partial charge in [-0.2, -0.15) is 0 Å². The zero-order chi connectivity index (χ0) is 19.2. The van der Waals surface area contributed by atoms with Crippen LogP contribution in [0.4, 0.5) is 4.39 Å². The lowest BCUT2D eigenvalue weighted by molar-refractivity contribution is -0.140. The summed E-state index contributed by atoms with van der Waals surface area (Å²) >= 11 is 0. The SMILES string of the molecule is COc1cc(CP(=O)(O)CC[C@H](N)C(=O)O)cc(F)c1OCC(=O)O. The Balaban J connectivity index is 2.91. The maximum absolute atomic E-state index is 14.1. The number of hydrogen-bond donors (Lipinski definition) is 4. The Morgan fingerprint density at radius 1 is 1.36 bits per heavy atom. The fraction of sp³-hybridized carbons (Fsp3) is 0.429. The Morgan fingerprint density at radius 2 is 2.00 bits per heavy atom. The smallest absolute Gasteiger partial charge is 0.341 e. The van der Waals surface area contributed by atoms with Crippen LogP contribution in [0.15, 0.2) is 12.1 Å². The van der Waals surface area contributed by atoms with E-state index in [0.717, 1.165) is 6.07 Å². The zero-order valence-electron chi connectivity index (χ0n) is 13.3. The van der Waals surface area contributed by atoms with Crippen LogP contribution in [0.3, 0.4) is 0 Å². The topological polar surface area (TPSA) is 156 Å². The second-order valence-corrected chi connectivity index (χ2v) is 7.71. The lowest BCUT2D eigenvalue weighted by Gasteiger charge is -2.16. The Labute approximate surface area is 142 Å². The molecule has 9 nitrogen and oxygen atoms in total. The molecule has 0 aliphatic carbocycles. The molecule has 11 heteroatoms. The van der Waals surface area contributed by atoms with Crippen molar-refractivity contribution in [3.8, 4) is 11.5 Å². The number of halogens is 1. The minimum Gasteiger partial charge on any atom is -0.493 e. The number of rotatable bonds is 10. The predicted octanol–water partition coefficient (Wildman–Crippen LogP) is 0.870. The molecule has 25 heavy (non-hydrogen) atoms. The minimum absolute atomic E-state index is 0.117. The van der Waals surface area contributed by atoms with Gasteiger partial charge in [0.25, 0.3) is 0 Å². The van der Waals surface area contributed by atoms with Crippen LogP contribution in [0.2, 0.25) is 0 Å². The largest absolute Gasteiger partial charge is 0.493 e. The highest BCUT2D eigenvalue weighted by Crippen LogP contribution is 2.46. The van der Waals surface area contributed by atoms with Crippen molar-refractivity contribution in [3.63, 3.8) is 0 Å². The molecule has 0 bridgehead atoms. The molecule has 1 aromatic carbocycles. The molecule has 0 spiro atoms. The van der Waals surface area contributed by atoms with Crippen LogP contribution < -0.4 is 15.2 Å². The fourth-order valence-corrected chi connectivity index (χ4v) is 3.56. The molecule has 0 radical (unpaired) electrons. The summed E-state index contributed by atoms with van der Waals surface area (Å²) in [7, 11) is -2.60. The molecule has 2 atom stereocenters. The number of carboxylic acids is 2. The third kappa shape index (κ3) is 6.69. The van der Waals surface area contributed by atoms with Crippen LogP contribution >= 0.6 is 7.37 Å². The second kappa shape index (κ2) is 8.80. The van der Waals surface area contributed by atoms with Gasteiger partial charge >= 0.3 is 11.9 Å². The van der Waals surface area contributed by atoms with Crippen LogP contribution in [0.5, 0.6) is 11.5 Å². The van der Waals surface area contributed by atoms with Gasteiger partial charge in [0.05, 0.1) is 7.11 Å². The van der Waals surface area contributed by atoms with Gasteiger partial charge < -0.3 is 30.3 Å². The Hall–Kier alpha value is -2.16. The van der Waals surface area contributed by atoms with E-state index in [4.69, 9.17) is 25.4 Å². The molecule has 1 rings (SSSR count). The number of ether oxygens (including phenoxy) is 2. The summed E-state index contributed by atoms with van der Waals surface area (Å²) < 4.78 is 35.9. The van der Waals surface area contributed by atoms with Crippen LogP contribution in [0.25, 0.3) is 0 Å². The van der Waals surface area contributed by atoms with Gasteiger partial charge in [-0.15, -0.1) is 0 Å². The number of nitrogens with two attached hydrogens (primary N) is 1. The molecule has 0 aliphatic heterocycles. The van der Waals surface area contributed by atoms with E-state index in [1.807, 2.05) is 0 Å². The summed E-state index contributed by atoms with van der Waals surface area (Å²) in [5, 5.41) is 17.2. The Bertz CT molecular complexity index is 696. The first kappa shape index (κ1) is 20.9. The summed E-state index contributed by atoms with van der Waals surface area (Å²) in [6, 6.07) is 0.915. The molecule has 1 aromatic rings. The van der Waals surface area contributed by atoms with Crippen molar-refractivity contribution >= 4 is 19.3 Å². The van der Waals surface area contributed by atoms with Crippen molar-refractivity contribution in [3.05, 3.63) is 23.5 Å². The van der Waals surface area contributed by atoms with Crippen LogP contribution in [0, 0.1) is 5.82 Å². The van der Waals surface area contributed by atoms with Crippen LogP contribution in [-0.2, 0) is 20.3 Å². The summed E-state index contributed by atoms with van der Waals surface area (Å²) in [6.07, 6.45) is -0.976. The molecule has 0 heterocycles. The number of aliphatic carboxylic acids is 2. The summed E-state index contributed by atoms with van der Waals surface area (Å²) in [5.74, 6) is -4.08. The highest BCUT2D eigenvalue weighted by atomic mass is 31.2. The molecular formula is C14H19FNO8P. The maximum Gasteiger partial charge on any atom is 0.341 e. The average molecular weight is 379 g/mol. The minimum atomic E-state index is -3.80. The van der Waals surface area contributed by atoms with Gasteiger partial charge in [0.2, 0.25) is 7.37 Å². The van der Waals surface area contributed by atoms with E-state index < -0.39 is 49.7 Å². The number of benzene rings is 1. The standard InChI is InChI=1S/C14H19FNO8P/c1-23-11-5-8(4-9(15)13(11)24-6-12(17)18)7-25(21,22)3-2-10(16)14(19)20/h4-5,10H,2-3,6-7,16H2,1H3,(H,17,18)(H,19,20)(H,21,22)/t10-/m0/s1. The lowest BCUT2D eigenvalue weighted by atomic mass is 10.2. The Kier molecular flexibility index (Phi) is 7.35. The summed E-state index contributed by atoms with van der Waals surface area (Å²) in [6.45, 7) is -0.780. The summed E-state index contributed by atoms with van der Waals surface area (Å²) in [5.41, 5.74) is 5.41. The molecule has 1 unspecified atom stereocenters. The maximum atomic E-state index is 14.1. The van der Waals surface area contributed by atoms with Crippen molar-refractivity contribution in [1.29, 1.82) is 0 Å². The van der Waals surface area contributed by atoms with E-state index in [9.17, 15) is 23.4 Å². The molecule has 5 N–H and O–H groups in total. The fourth-order valence-electron chi connectivity index (χ4n) is 1.97. The van der Waals surface area contributed by atoms with Gasteiger partial charge in [-0.1, -0.05) is 0 Å².